The zero-order chi connectivity index (χ0) is 20.8. The molecule has 29 heavy (non-hydrogen) atoms. The highest BCUT2D eigenvalue weighted by Gasteiger charge is 2.43. The van der Waals surface area contributed by atoms with Gasteiger partial charge in [0.1, 0.15) is 12.1 Å². The van der Waals surface area contributed by atoms with Gasteiger partial charge in [0.2, 0.25) is 0 Å². The van der Waals surface area contributed by atoms with Crippen LogP contribution in [-0.2, 0) is 24.3 Å². The van der Waals surface area contributed by atoms with Crippen molar-refractivity contribution in [3.63, 3.8) is 0 Å². The van der Waals surface area contributed by atoms with Gasteiger partial charge in [0.25, 0.3) is 15.9 Å². The van der Waals surface area contributed by atoms with Crippen LogP contribution in [0.5, 0.6) is 0 Å². The summed E-state index contributed by atoms with van der Waals surface area (Å²) in [6.45, 7) is 0.522. The Morgan fingerprint density at radius 1 is 1.28 bits per heavy atom. The second-order valence-electron chi connectivity index (χ2n) is 7.44. The molecule has 1 fully saturated rings. The normalized spacial score (nSPS) is 18.7. The van der Waals surface area contributed by atoms with Crippen LogP contribution in [0.15, 0.2) is 41.3 Å². The second-order valence-corrected chi connectivity index (χ2v) is 9.27. The Bertz CT molecular complexity index is 1160. The number of benzene rings is 2. The van der Waals surface area contributed by atoms with Gasteiger partial charge in [-0.1, -0.05) is 24.3 Å². The predicted octanol–water partition coefficient (Wildman–Crippen LogP) is 1.70. The van der Waals surface area contributed by atoms with E-state index in [4.69, 9.17) is 4.74 Å². The number of carbonyl (C=O) groups excluding carboxylic acids is 2. The molecule has 0 spiro atoms. The van der Waals surface area contributed by atoms with Crippen LogP contribution in [0.25, 0.3) is 10.8 Å². The van der Waals surface area contributed by atoms with Crippen LogP contribution >= 0.6 is 0 Å². The molecular formula is C20H19N3O5S. The van der Waals surface area contributed by atoms with Crippen LogP contribution in [0.2, 0.25) is 0 Å². The van der Waals surface area contributed by atoms with E-state index < -0.39 is 40.6 Å². The smallest absolute Gasteiger partial charge is 0.327 e. The van der Waals surface area contributed by atoms with Crippen molar-refractivity contribution in [3.8, 4) is 6.07 Å². The van der Waals surface area contributed by atoms with E-state index >= 15 is 0 Å². The lowest BCUT2D eigenvalue weighted by Crippen LogP contribution is -2.48. The van der Waals surface area contributed by atoms with Crippen LogP contribution in [-0.4, -0.2) is 39.0 Å². The summed E-state index contributed by atoms with van der Waals surface area (Å²) in [6.07, 6.45) is 1.73. The first-order valence-corrected chi connectivity index (χ1v) is 10.6. The minimum Gasteiger partial charge on any atom is -0.454 e. The van der Waals surface area contributed by atoms with Gasteiger partial charge in [0.05, 0.1) is 16.7 Å². The minimum absolute atomic E-state index is 0.0980. The number of rotatable bonds is 6. The Kier molecular flexibility index (Phi) is 4.46. The van der Waals surface area contributed by atoms with E-state index in [1.807, 2.05) is 0 Å². The second kappa shape index (κ2) is 6.74. The van der Waals surface area contributed by atoms with E-state index in [0.717, 1.165) is 22.5 Å². The van der Waals surface area contributed by atoms with Crippen LogP contribution in [0.4, 0.5) is 5.69 Å². The fraction of sp³-hybridized carbons (Fsp3) is 0.350. The summed E-state index contributed by atoms with van der Waals surface area (Å²) in [5, 5.41) is 13.2. The highest BCUT2D eigenvalue weighted by Crippen LogP contribution is 2.42. The Balaban J connectivity index is 1.44. The highest BCUT2D eigenvalue weighted by molar-refractivity contribution is 7.93. The fourth-order valence-electron chi connectivity index (χ4n) is 3.65. The van der Waals surface area contributed by atoms with Crippen molar-refractivity contribution in [2.45, 2.75) is 30.2 Å². The number of nitrogens with zero attached hydrogens (tertiary/aromatic N) is 2. The maximum atomic E-state index is 12.8. The van der Waals surface area contributed by atoms with Gasteiger partial charge >= 0.3 is 5.97 Å². The van der Waals surface area contributed by atoms with Crippen LogP contribution < -0.4 is 9.62 Å². The monoisotopic (exact) mass is 413 g/mol. The molecule has 9 heteroatoms. The molecule has 1 saturated carbocycles. The van der Waals surface area contributed by atoms with Crippen molar-refractivity contribution in [1.29, 1.82) is 5.26 Å². The van der Waals surface area contributed by atoms with Crippen molar-refractivity contribution in [3.05, 3.63) is 36.4 Å². The van der Waals surface area contributed by atoms with Gasteiger partial charge in [-0.25, -0.2) is 8.42 Å². The van der Waals surface area contributed by atoms with Gasteiger partial charge in [-0.2, -0.15) is 5.26 Å². The maximum Gasteiger partial charge on any atom is 0.327 e. The molecule has 1 aliphatic heterocycles. The zero-order valence-corrected chi connectivity index (χ0v) is 16.5. The Labute approximate surface area is 168 Å². The third-order valence-corrected chi connectivity index (χ3v) is 7.15. The van der Waals surface area contributed by atoms with Crippen molar-refractivity contribution >= 4 is 38.4 Å². The Morgan fingerprint density at radius 3 is 2.62 bits per heavy atom. The third-order valence-electron chi connectivity index (χ3n) is 5.34. The van der Waals surface area contributed by atoms with Gasteiger partial charge in [0.15, 0.2) is 6.61 Å². The lowest BCUT2D eigenvalue weighted by Gasteiger charge is -2.23. The number of ether oxygens (including phenoxy) is 1. The molecule has 0 saturated heterocycles. The number of amides is 1. The molecule has 150 valence electrons. The molecule has 0 radical (unpaired) electrons. The topological polar surface area (TPSA) is 117 Å². The van der Waals surface area contributed by atoms with E-state index in [-0.39, 0.29) is 10.8 Å². The molecule has 1 N–H and O–H groups in total. The minimum atomic E-state index is -3.88. The molecule has 8 nitrogen and oxygen atoms in total. The number of carbonyl (C=O) groups is 2. The van der Waals surface area contributed by atoms with E-state index in [9.17, 15) is 23.3 Å². The number of hydrogen-bond acceptors (Lipinski definition) is 6. The zero-order valence-electron chi connectivity index (χ0n) is 15.7. The fourth-order valence-corrected chi connectivity index (χ4v) is 5.30. The van der Waals surface area contributed by atoms with Gasteiger partial charge in [-0.05, 0) is 43.2 Å². The largest absolute Gasteiger partial charge is 0.454 e. The Morgan fingerprint density at radius 2 is 1.97 bits per heavy atom. The lowest BCUT2D eigenvalue weighted by atomic mass is 9.98. The van der Waals surface area contributed by atoms with Gasteiger partial charge < -0.3 is 10.1 Å². The summed E-state index contributed by atoms with van der Waals surface area (Å²) in [7, 11) is -3.88. The molecule has 0 unspecified atom stereocenters. The predicted molar refractivity (Wildman–Crippen MR) is 104 cm³/mol. The molecule has 1 atom stereocenters. The van der Waals surface area contributed by atoms with Gasteiger partial charge in [-0.3, -0.25) is 13.9 Å². The molecule has 0 bridgehead atoms. The molecule has 4 rings (SSSR count). The van der Waals surface area contributed by atoms with Gasteiger partial charge in [0, 0.05) is 5.39 Å². The van der Waals surface area contributed by atoms with E-state index in [1.165, 1.54) is 6.07 Å². The summed E-state index contributed by atoms with van der Waals surface area (Å²) >= 11 is 0. The first kappa shape index (κ1) is 19.2. The van der Waals surface area contributed by atoms with Crippen molar-refractivity contribution < 1.29 is 22.7 Å². The van der Waals surface area contributed by atoms with Crippen LogP contribution in [0.3, 0.4) is 0 Å². The number of esters is 1. The summed E-state index contributed by atoms with van der Waals surface area (Å²) in [4.78, 5) is 24.5. The molecule has 2 aromatic carbocycles. The standard InChI is InChI=1S/C20H19N3O5S/c1-20(12-21,14-8-9-14)22-17(24)11-28-18(25)10-23-15-6-2-4-13-5-3-7-16(19(13)15)29(23,26)27/h2-7,14H,8-11H2,1H3,(H,22,24)/t20-/m0/s1. The summed E-state index contributed by atoms with van der Waals surface area (Å²) in [6, 6.07) is 12.2. The van der Waals surface area contributed by atoms with Crippen LogP contribution in [0.1, 0.15) is 19.8 Å². The highest BCUT2D eigenvalue weighted by atomic mass is 32.2. The SMILES string of the molecule is C[C@@](C#N)(NC(=O)COC(=O)CN1c2cccc3cccc(c23)S1(=O)=O)C1CC1. The maximum absolute atomic E-state index is 12.8. The molecule has 1 amide bonds. The average Bonchev–Trinajstić information content (AvgIpc) is 3.52. The third kappa shape index (κ3) is 3.29. The number of hydrogen-bond donors (Lipinski definition) is 1. The van der Waals surface area contributed by atoms with Gasteiger partial charge in [-0.15, -0.1) is 0 Å². The quantitative estimate of drug-likeness (QED) is 0.721. The number of anilines is 1. The van der Waals surface area contributed by atoms with E-state index in [2.05, 4.69) is 11.4 Å². The molecule has 2 aromatic rings. The molecular weight excluding hydrogens is 394 g/mol. The molecule has 1 aliphatic carbocycles. The number of nitrogens with one attached hydrogen (secondary N) is 1. The summed E-state index contributed by atoms with van der Waals surface area (Å²) in [5.74, 6) is -1.34. The number of sulfonamides is 1. The van der Waals surface area contributed by atoms with Crippen LogP contribution in [0, 0.1) is 17.2 Å². The first-order chi connectivity index (χ1) is 13.8. The molecule has 2 aliphatic rings. The summed E-state index contributed by atoms with van der Waals surface area (Å²) in [5.41, 5.74) is -0.579. The molecule has 1 heterocycles. The van der Waals surface area contributed by atoms with Crippen molar-refractivity contribution in [2.24, 2.45) is 5.92 Å². The van der Waals surface area contributed by atoms with E-state index in [1.54, 1.807) is 37.3 Å². The average molecular weight is 413 g/mol. The van der Waals surface area contributed by atoms with Crippen molar-refractivity contribution in [1.82, 2.24) is 5.32 Å². The summed E-state index contributed by atoms with van der Waals surface area (Å²) < 4.78 is 31.7. The molecule has 0 aromatic heterocycles. The lowest BCUT2D eigenvalue weighted by molar-refractivity contribution is -0.147. The Hall–Kier alpha value is -3.12. The number of nitriles is 1. The van der Waals surface area contributed by atoms with E-state index in [0.29, 0.717) is 11.1 Å². The first-order valence-electron chi connectivity index (χ1n) is 9.18. The van der Waals surface area contributed by atoms with Crippen molar-refractivity contribution in [2.75, 3.05) is 17.5 Å².